The van der Waals surface area contributed by atoms with Gasteiger partial charge in [0.1, 0.15) is 0 Å². The number of nitrogens with one attached hydrogen (secondary N) is 2. The molecule has 0 aliphatic rings. The Kier molecular flexibility index (Phi) is 5.48. The molecular formula is C21H30N2. The van der Waals surface area contributed by atoms with Crippen molar-refractivity contribution >= 4 is 5.69 Å². The minimum absolute atomic E-state index is 0.0113. The third-order valence-electron chi connectivity index (χ3n) is 3.72. The number of para-hydroxylation sites is 1. The van der Waals surface area contributed by atoms with Crippen LogP contribution in [0.5, 0.6) is 0 Å². The van der Waals surface area contributed by atoms with E-state index in [1.807, 2.05) is 6.07 Å². The van der Waals surface area contributed by atoms with Gasteiger partial charge in [-0.25, -0.2) is 0 Å². The van der Waals surface area contributed by atoms with Gasteiger partial charge >= 0.3 is 0 Å². The number of benzene rings is 2. The summed E-state index contributed by atoms with van der Waals surface area (Å²) in [5.41, 5.74) is 4.03. The Labute approximate surface area is 141 Å². The second-order valence-corrected chi connectivity index (χ2v) is 7.98. The fourth-order valence-corrected chi connectivity index (χ4v) is 2.68. The first kappa shape index (κ1) is 17.6. The Hall–Kier alpha value is -1.80. The first-order valence-electron chi connectivity index (χ1n) is 8.40. The van der Waals surface area contributed by atoms with Crippen LogP contribution in [0.3, 0.4) is 0 Å². The van der Waals surface area contributed by atoms with Crippen molar-refractivity contribution in [2.45, 2.75) is 58.7 Å². The van der Waals surface area contributed by atoms with Gasteiger partial charge in [0.25, 0.3) is 0 Å². The molecule has 2 aromatic rings. The van der Waals surface area contributed by atoms with E-state index in [1.54, 1.807) is 0 Å². The third kappa shape index (κ3) is 6.45. The van der Waals surface area contributed by atoms with Gasteiger partial charge < -0.3 is 10.6 Å². The van der Waals surface area contributed by atoms with E-state index in [0.29, 0.717) is 0 Å². The van der Waals surface area contributed by atoms with Crippen LogP contribution in [0.25, 0.3) is 0 Å². The number of rotatable bonds is 6. The molecule has 0 heterocycles. The van der Waals surface area contributed by atoms with E-state index >= 15 is 0 Å². The normalized spacial score (nSPS) is 12.2. The van der Waals surface area contributed by atoms with E-state index in [-0.39, 0.29) is 11.1 Å². The molecule has 0 amide bonds. The average molecular weight is 310 g/mol. The maximum absolute atomic E-state index is 3.63. The fraction of sp³-hybridized carbons (Fsp3) is 0.429. The average Bonchev–Trinajstić information content (AvgIpc) is 2.45. The van der Waals surface area contributed by atoms with Crippen LogP contribution in [0.15, 0.2) is 54.6 Å². The van der Waals surface area contributed by atoms with Gasteiger partial charge in [-0.1, -0.05) is 42.5 Å². The van der Waals surface area contributed by atoms with E-state index in [2.05, 4.69) is 93.8 Å². The van der Waals surface area contributed by atoms with Gasteiger partial charge in [0.2, 0.25) is 0 Å². The Balaban J connectivity index is 2.01. The van der Waals surface area contributed by atoms with Gasteiger partial charge in [-0.05, 0) is 64.3 Å². The molecule has 0 fully saturated rings. The Morgan fingerprint density at radius 2 is 1.43 bits per heavy atom. The zero-order valence-electron chi connectivity index (χ0n) is 15.1. The molecule has 2 aromatic carbocycles. The Morgan fingerprint density at radius 1 is 0.783 bits per heavy atom. The third-order valence-corrected chi connectivity index (χ3v) is 3.72. The Bertz CT molecular complexity index is 609. The van der Waals surface area contributed by atoms with Crippen molar-refractivity contribution < 1.29 is 0 Å². The molecule has 2 nitrogen and oxygen atoms in total. The molecule has 2 N–H and O–H groups in total. The van der Waals surface area contributed by atoms with Gasteiger partial charge in [-0.2, -0.15) is 0 Å². The molecule has 2 heteroatoms. The van der Waals surface area contributed by atoms with E-state index in [1.165, 1.54) is 16.8 Å². The van der Waals surface area contributed by atoms with E-state index in [9.17, 15) is 0 Å². The highest BCUT2D eigenvalue weighted by atomic mass is 15.0. The lowest BCUT2D eigenvalue weighted by molar-refractivity contribution is 0.424. The molecule has 124 valence electrons. The van der Waals surface area contributed by atoms with Gasteiger partial charge in [-0.15, -0.1) is 0 Å². The summed E-state index contributed by atoms with van der Waals surface area (Å²) >= 11 is 0. The van der Waals surface area contributed by atoms with E-state index < -0.39 is 0 Å². The molecule has 0 aliphatic carbocycles. The standard InChI is InChI=1S/C21H30N2/c1-20(2,3)22-16-18-11-9-10-17(14-18)15-21(4,5)23-19-12-7-6-8-13-19/h6-14,22-23H,15-16H2,1-5H3. The summed E-state index contributed by atoms with van der Waals surface area (Å²) in [5, 5.41) is 7.18. The summed E-state index contributed by atoms with van der Waals surface area (Å²) in [7, 11) is 0. The second kappa shape index (κ2) is 7.18. The van der Waals surface area contributed by atoms with Crippen LogP contribution in [0.4, 0.5) is 5.69 Å². The summed E-state index contributed by atoms with van der Waals surface area (Å²) in [6, 6.07) is 19.3. The summed E-state index contributed by atoms with van der Waals surface area (Å²) in [6.07, 6.45) is 0.991. The van der Waals surface area contributed by atoms with Crippen LogP contribution < -0.4 is 10.6 Å². The van der Waals surface area contributed by atoms with Crippen molar-refractivity contribution in [3.8, 4) is 0 Å². The molecule has 2 rings (SSSR count). The van der Waals surface area contributed by atoms with Crippen LogP contribution in [-0.2, 0) is 13.0 Å². The molecule has 0 aliphatic heterocycles. The largest absolute Gasteiger partial charge is 0.380 e. The first-order chi connectivity index (χ1) is 10.7. The predicted molar refractivity (Wildman–Crippen MR) is 101 cm³/mol. The zero-order chi connectivity index (χ0) is 16.9. The first-order valence-corrected chi connectivity index (χ1v) is 8.40. The lowest BCUT2D eigenvalue weighted by Gasteiger charge is -2.28. The van der Waals surface area contributed by atoms with Gasteiger partial charge in [0, 0.05) is 23.3 Å². The highest BCUT2D eigenvalue weighted by Gasteiger charge is 2.18. The van der Waals surface area contributed by atoms with Crippen LogP contribution in [0.2, 0.25) is 0 Å². The van der Waals surface area contributed by atoms with Crippen molar-refractivity contribution in [2.75, 3.05) is 5.32 Å². The predicted octanol–water partition coefficient (Wildman–Crippen LogP) is 5.01. The summed E-state index contributed by atoms with van der Waals surface area (Å²) in [5.74, 6) is 0. The maximum Gasteiger partial charge on any atom is 0.0357 e. The molecule has 0 aromatic heterocycles. The summed E-state index contributed by atoms with van der Waals surface area (Å²) in [6.45, 7) is 12.0. The minimum Gasteiger partial charge on any atom is -0.380 e. The minimum atomic E-state index is 0.0113. The van der Waals surface area contributed by atoms with Crippen LogP contribution in [-0.4, -0.2) is 11.1 Å². The van der Waals surface area contributed by atoms with Crippen molar-refractivity contribution in [3.63, 3.8) is 0 Å². The molecule has 0 unspecified atom stereocenters. The molecule has 0 atom stereocenters. The number of anilines is 1. The van der Waals surface area contributed by atoms with Crippen molar-refractivity contribution in [1.29, 1.82) is 0 Å². The topological polar surface area (TPSA) is 24.1 Å². The summed E-state index contributed by atoms with van der Waals surface area (Å²) in [4.78, 5) is 0. The molecule has 0 saturated carbocycles. The van der Waals surface area contributed by atoms with Crippen molar-refractivity contribution in [1.82, 2.24) is 5.32 Å². The molecule has 0 bridgehead atoms. The molecule has 0 radical (unpaired) electrons. The van der Waals surface area contributed by atoms with Crippen LogP contribution in [0.1, 0.15) is 45.7 Å². The number of hydrogen-bond donors (Lipinski definition) is 2. The van der Waals surface area contributed by atoms with Gasteiger partial charge in [-0.3, -0.25) is 0 Å². The van der Waals surface area contributed by atoms with E-state index in [0.717, 1.165) is 13.0 Å². The zero-order valence-corrected chi connectivity index (χ0v) is 15.1. The lowest BCUT2D eigenvalue weighted by Crippen LogP contribution is -2.35. The quantitative estimate of drug-likeness (QED) is 0.784. The molecule has 0 spiro atoms. The lowest BCUT2D eigenvalue weighted by atomic mass is 9.93. The van der Waals surface area contributed by atoms with Crippen LogP contribution >= 0.6 is 0 Å². The van der Waals surface area contributed by atoms with Gasteiger partial charge in [0.05, 0.1) is 0 Å². The maximum atomic E-state index is 3.63. The second-order valence-electron chi connectivity index (χ2n) is 7.98. The highest BCUT2D eigenvalue weighted by molar-refractivity contribution is 5.45. The SMILES string of the molecule is CC(C)(C)NCc1cccc(CC(C)(C)Nc2ccccc2)c1. The molecule has 0 saturated heterocycles. The van der Waals surface area contributed by atoms with Crippen LogP contribution in [0, 0.1) is 0 Å². The summed E-state index contributed by atoms with van der Waals surface area (Å²) < 4.78 is 0. The fourth-order valence-electron chi connectivity index (χ4n) is 2.68. The highest BCUT2D eigenvalue weighted by Crippen LogP contribution is 2.20. The number of hydrogen-bond acceptors (Lipinski definition) is 2. The van der Waals surface area contributed by atoms with Crippen molar-refractivity contribution in [3.05, 3.63) is 65.7 Å². The molecule has 23 heavy (non-hydrogen) atoms. The van der Waals surface area contributed by atoms with Crippen molar-refractivity contribution in [2.24, 2.45) is 0 Å². The van der Waals surface area contributed by atoms with E-state index in [4.69, 9.17) is 0 Å². The molecular weight excluding hydrogens is 280 g/mol. The van der Waals surface area contributed by atoms with Gasteiger partial charge in [0.15, 0.2) is 0 Å². The smallest absolute Gasteiger partial charge is 0.0357 e. The Morgan fingerprint density at radius 3 is 2.09 bits per heavy atom. The monoisotopic (exact) mass is 310 g/mol.